The molecule has 4 heterocycles. The van der Waals surface area contributed by atoms with Gasteiger partial charge in [0.2, 0.25) is 5.95 Å². The van der Waals surface area contributed by atoms with Crippen molar-refractivity contribution < 1.29 is 4.52 Å². The van der Waals surface area contributed by atoms with Crippen LogP contribution in [0.1, 0.15) is 11.3 Å². The summed E-state index contributed by atoms with van der Waals surface area (Å²) in [6.45, 7) is 3.87. The van der Waals surface area contributed by atoms with E-state index in [0.29, 0.717) is 17.5 Å². The predicted molar refractivity (Wildman–Crippen MR) is 117 cm³/mol. The number of hydrogen-bond donors (Lipinski definition) is 2. The molecule has 0 fully saturated rings. The van der Waals surface area contributed by atoms with E-state index in [1.165, 1.54) is 6.33 Å². The maximum atomic E-state index is 5.23. The van der Waals surface area contributed by atoms with Gasteiger partial charge in [0.15, 0.2) is 0 Å². The van der Waals surface area contributed by atoms with E-state index < -0.39 is 0 Å². The number of anilines is 4. The Hall–Kier alpha value is -4.40. The SMILES string of the molecule is Cc1c(Nc2nccc(-c3ccncc3)n2)cccc1Nc1ncnc2onc(C)c12. The maximum absolute atomic E-state index is 5.23. The third kappa shape index (κ3) is 3.64. The van der Waals surface area contributed by atoms with E-state index in [9.17, 15) is 0 Å². The van der Waals surface area contributed by atoms with Crippen LogP contribution in [0.2, 0.25) is 0 Å². The first kappa shape index (κ1) is 18.6. The van der Waals surface area contributed by atoms with Crippen LogP contribution in [0.15, 0.2) is 65.8 Å². The van der Waals surface area contributed by atoms with Crippen LogP contribution >= 0.6 is 0 Å². The first-order valence-corrected chi connectivity index (χ1v) is 9.63. The molecule has 0 bridgehead atoms. The molecule has 9 nitrogen and oxygen atoms in total. The van der Waals surface area contributed by atoms with E-state index >= 15 is 0 Å². The molecule has 4 aromatic heterocycles. The van der Waals surface area contributed by atoms with Crippen molar-refractivity contribution in [1.29, 1.82) is 0 Å². The minimum absolute atomic E-state index is 0.447. The highest BCUT2D eigenvalue weighted by molar-refractivity contribution is 5.90. The number of aromatic nitrogens is 6. The summed E-state index contributed by atoms with van der Waals surface area (Å²) in [4.78, 5) is 21.5. The predicted octanol–water partition coefficient (Wildman–Crippen LogP) is 4.57. The Morgan fingerprint density at radius 1 is 0.839 bits per heavy atom. The molecule has 1 aromatic carbocycles. The van der Waals surface area contributed by atoms with Crippen molar-refractivity contribution in [3.05, 3.63) is 72.6 Å². The van der Waals surface area contributed by atoms with E-state index in [0.717, 1.165) is 39.3 Å². The van der Waals surface area contributed by atoms with Crippen molar-refractivity contribution in [2.45, 2.75) is 13.8 Å². The third-order valence-electron chi connectivity index (χ3n) is 4.91. The fourth-order valence-corrected chi connectivity index (χ4v) is 3.27. The van der Waals surface area contributed by atoms with Gasteiger partial charge in [0, 0.05) is 35.5 Å². The molecule has 5 rings (SSSR count). The lowest BCUT2D eigenvalue weighted by Crippen LogP contribution is -2.02. The van der Waals surface area contributed by atoms with Crippen molar-refractivity contribution in [3.63, 3.8) is 0 Å². The van der Waals surface area contributed by atoms with Crippen molar-refractivity contribution in [1.82, 2.24) is 30.1 Å². The minimum Gasteiger partial charge on any atom is -0.339 e. The molecule has 0 saturated heterocycles. The molecule has 31 heavy (non-hydrogen) atoms. The van der Waals surface area contributed by atoms with Crippen molar-refractivity contribution in [2.24, 2.45) is 0 Å². The first-order chi connectivity index (χ1) is 15.2. The Balaban J connectivity index is 1.45. The zero-order valence-corrected chi connectivity index (χ0v) is 16.9. The fraction of sp³-hybridized carbons (Fsp3) is 0.0909. The van der Waals surface area contributed by atoms with Gasteiger partial charge in [-0.15, -0.1) is 0 Å². The second-order valence-electron chi connectivity index (χ2n) is 6.90. The molecule has 0 radical (unpaired) electrons. The summed E-state index contributed by atoms with van der Waals surface area (Å²) in [5, 5.41) is 11.4. The molecular weight excluding hydrogens is 392 g/mol. The number of nitrogens with one attached hydrogen (secondary N) is 2. The molecule has 152 valence electrons. The number of rotatable bonds is 5. The van der Waals surface area contributed by atoms with Gasteiger partial charge in [-0.25, -0.2) is 15.0 Å². The molecular formula is C22H18N8O. The van der Waals surface area contributed by atoms with E-state index in [2.05, 4.69) is 40.7 Å². The van der Waals surface area contributed by atoms with Gasteiger partial charge in [-0.1, -0.05) is 11.2 Å². The molecule has 9 heteroatoms. The number of hydrogen-bond acceptors (Lipinski definition) is 9. The van der Waals surface area contributed by atoms with Crippen LogP contribution in [0.5, 0.6) is 0 Å². The van der Waals surface area contributed by atoms with Gasteiger partial charge >= 0.3 is 0 Å². The third-order valence-corrected chi connectivity index (χ3v) is 4.91. The number of fused-ring (bicyclic) bond motifs is 1. The largest absolute Gasteiger partial charge is 0.339 e. The Bertz CT molecular complexity index is 1370. The highest BCUT2D eigenvalue weighted by Gasteiger charge is 2.14. The summed E-state index contributed by atoms with van der Waals surface area (Å²) in [5.74, 6) is 1.15. The fourth-order valence-electron chi connectivity index (χ4n) is 3.27. The lowest BCUT2D eigenvalue weighted by atomic mass is 10.1. The average molecular weight is 410 g/mol. The topological polar surface area (TPSA) is 115 Å². The van der Waals surface area contributed by atoms with Crippen molar-refractivity contribution in [3.8, 4) is 11.3 Å². The van der Waals surface area contributed by atoms with Crippen LogP contribution in [-0.2, 0) is 0 Å². The first-order valence-electron chi connectivity index (χ1n) is 9.63. The summed E-state index contributed by atoms with van der Waals surface area (Å²) in [6.07, 6.45) is 6.66. The Labute approximate surface area is 177 Å². The minimum atomic E-state index is 0.447. The second kappa shape index (κ2) is 7.79. The molecule has 0 aliphatic carbocycles. The molecule has 5 aromatic rings. The highest BCUT2D eigenvalue weighted by atomic mass is 16.5. The smallest absolute Gasteiger partial charge is 0.263 e. The van der Waals surface area contributed by atoms with Gasteiger partial charge in [-0.05, 0) is 49.7 Å². The Kier molecular flexibility index (Phi) is 4.68. The van der Waals surface area contributed by atoms with Crippen molar-refractivity contribution >= 4 is 34.2 Å². The summed E-state index contributed by atoms with van der Waals surface area (Å²) >= 11 is 0. The standard InChI is InChI=1S/C22H18N8O/c1-13-16(27-20-19-14(2)30-31-21(19)26-12-25-20)4-3-5-17(13)28-22-24-11-8-18(29-22)15-6-9-23-10-7-15/h3-12H,1-2H3,(H,24,28,29)(H,25,26,27). The van der Waals surface area contributed by atoms with Gasteiger partial charge < -0.3 is 15.2 Å². The van der Waals surface area contributed by atoms with Crippen LogP contribution in [0.3, 0.4) is 0 Å². The van der Waals surface area contributed by atoms with Crippen LogP contribution in [0.4, 0.5) is 23.1 Å². The lowest BCUT2D eigenvalue weighted by Gasteiger charge is -2.14. The van der Waals surface area contributed by atoms with Crippen LogP contribution < -0.4 is 10.6 Å². The lowest BCUT2D eigenvalue weighted by molar-refractivity contribution is 0.442. The van der Waals surface area contributed by atoms with Crippen molar-refractivity contribution in [2.75, 3.05) is 10.6 Å². The Morgan fingerprint density at radius 3 is 2.48 bits per heavy atom. The summed E-state index contributed by atoms with van der Waals surface area (Å²) < 4.78 is 5.23. The van der Waals surface area contributed by atoms with E-state index in [1.807, 2.05) is 50.2 Å². The second-order valence-corrected chi connectivity index (χ2v) is 6.90. The molecule has 0 aliphatic heterocycles. The molecule has 0 amide bonds. The molecule has 2 N–H and O–H groups in total. The summed E-state index contributed by atoms with van der Waals surface area (Å²) in [7, 11) is 0. The van der Waals surface area contributed by atoms with E-state index in [1.54, 1.807) is 18.6 Å². The zero-order chi connectivity index (χ0) is 21.2. The average Bonchev–Trinajstić information content (AvgIpc) is 3.19. The molecule has 0 spiro atoms. The van der Waals surface area contributed by atoms with Gasteiger partial charge in [0.1, 0.15) is 17.5 Å². The van der Waals surface area contributed by atoms with Gasteiger partial charge in [0.25, 0.3) is 5.71 Å². The molecule has 0 saturated carbocycles. The molecule has 0 unspecified atom stereocenters. The molecule has 0 aliphatic rings. The van der Waals surface area contributed by atoms with E-state index in [4.69, 9.17) is 4.52 Å². The highest BCUT2D eigenvalue weighted by Crippen LogP contribution is 2.31. The van der Waals surface area contributed by atoms with Crippen LogP contribution in [0, 0.1) is 13.8 Å². The number of aryl methyl sites for hydroxylation is 1. The van der Waals surface area contributed by atoms with Crippen LogP contribution in [0.25, 0.3) is 22.4 Å². The number of pyridine rings is 1. The quantitative estimate of drug-likeness (QED) is 0.430. The van der Waals surface area contributed by atoms with Gasteiger partial charge in [-0.3, -0.25) is 4.98 Å². The number of nitrogens with zero attached hydrogens (tertiary/aromatic N) is 6. The molecule has 0 atom stereocenters. The zero-order valence-electron chi connectivity index (χ0n) is 16.9. The van der Waals surface area contributed by atoms with Crippen LogP contribution in [-0.4, -0.2) is 30.1 Å². The monoisotopic (exact) mass is 410 g/mol. The van der Waals surface area contributed by atoms with Gasteiger partial charge in [0.05, 0.1) is 11.4 Å². The summed E-state index contributed by atoms with van der Waals surface area (Å²) in [6, 6.07) is 11.6. The normalized spacial score (nSPS) is 10.9. The van der Waals surface area contributed by atoms with Gasteiger partial charge in [-0.2, -0.15) is 4.98 Å². The number of benzene rings is 1. The maximum Gasteiger partial charge on any atom is 0.263 e. The van der Waals surface area contributed by atoms with E-state index in [-0.39, 0.29) is 0 Å². The Morgan fingerprint density at radius 2 is 1.65 bits per heavy atom. The summed E-state index contributed by atoms with van der Waals surface area (Å²) in [5.41, 5.74) is 5.72.